The first-order valence-corrected chi connectivity index (χ1v) is 68.1. The molecule has 3 aromatic carbocycles. The lowest BCUT2D eigenvalue weighted by Gasteiger charge is -2.31. The molecule has 142 heavy (non-hydrogen) atoms. The zero-order valence-corrected chi connectivity index (χ0v) is 111. The molecule has 12 aromatic rings. The number of hydrogen-bond acceptors (Lipinski definition) is 24. The molecule has 0 amide bonds. The van der Waals surface area contributed by atoms with Gasteiger partial charge in [-0.1, -0.05) is 380 Å². The second-order valence-electron chi connectivity index (χ2n) is 24.7. The fraction of sp³-hybridized carbons (Fsp3) is 0.638. The van der Waals surface area contributed by atoms with E-state index < -0.39 is 8.07 Å². The summed E-state index contributed by atoms with van der Waals surface area (Å²) in [5.41, 5.74) is 12.7. The summed E-state index contributed by atoms with van der Waals surface area (Å²) in [5, 5.41) is 52.2. The number of fused-ring (bicyclic) bond motifs is 10. The highest BCUT2D eigenvalue weighted by Crippen LogP contribution is 2.65. The van der Waals surface area contributed by atoms with Crippen LogP contribution in [0.1, 0.15) is 361 Å². The van der Waals surface area contributed by atoms with E-state index in [4.69, 9.17) is 28.8 Å². The van der Waals surface area contributed by atoms with Crippen LogP contribution in [0.5, 0.6) is 34.5 Å². The highest BCUT2D eigenvalue weighted by Gasteiger charge is 2.60. The molecule has 1 saturated carbocycles. The molecule has 7 aliphatic rings. The van der Waals surface area contributed by atoms with E-state index in [1.54, 1.807) is 99.3 Å². The Balaban J connectivity index is -0.000000102. The maximum atomic E-state index is 8.84. The fourth-order valence-electron chi connectivity index (χ4n) is 12.7. The third-order valence-electron chi connectivity index (χ3n) is 18.0. The van der Waals surface area contributed by atoms with Gasteiger partial charge in [0.15, 0.2) is 34.5 Å². The highest BCUT2D eigenvalue weighted by molar-refractivity contribution is 8.04. The third kappa shape index (κ3) is 70.7. The van der Waals surface area contributed by atoms with Crippen molar-refractivity contribution < 1.29 is 33.4 Å². The summed E-state index contributed by atoms with van der Waals surface area (Å²) in [5.74, 6) is 12.1. The van der Waals surface area contributed by atoms with Crippen LogP contribution in [0, 0.1) is 38.0 Å². The summed E-state index contributed by atoms with van der Waals surface area (Å²) in [6, 6.07) is 29.3. The van der Waals surface area contributed by atoms with Crippen molar-refractivity contribution in [3.8, 4) is 34.5 Å². The van der Waals surface area contributed by atoms with Gasteiger partial charge in [0.1, 0.15) is 46.3 Å². The summed E-state index contributed by atoms with van der Waals surface area (Å²) in [4.78, 5) is 1.57. The Bertz CT molecular complexity index is 3810. The van der Waals surface area contributed by atoms with Crippen LogP contribution in [0.4, 0.5) is 0 Å². The Hall–Kier alpha value is -5.10. The molecule has 6 fully saturated rings. The normalized spacial score (nSPS) is 15.7. The van der Waals surface area contributed by atoms with Gasteiger partial charge in [0.25, 0.3) is 0 Å². The van der Waals surface area contributed by atoms with E-state index in [1.807, 2.05) is 429 Å². The number of benzene rings is 3. The molecular formula is C116H221N7O7S11Si. The second-order valence-corrected chi connectivity index (χ2v) is 40.1. The number of aromatic nitrogens is 7. The maximum Gasteiger partial charge on any atom is 0.172 e. The number of thiophene rings is 6. The van der Waals surface area contributed by atoms with Crippen molar-refractivity contribution in [1.29, 1.82) is 0 Å². The first kappa shape index (κ1) is 167. The number of rotatable bonds is 3. The SMILES string of the molecule is CC.CC.CC.CC.CC.CC.CC.CC.CC.CC.CC.CC.CC.CC.CC.CC.CC.CC.CC.CC.CC.CC.CC1(C)C2CCSC2C2SCCC21.COc1cscc1O.COc1cscc1OC.C[Si]1(C)C2CCSC2C2SCCC21.Cc1ccsc1.Cc1cscc1C.Cn1nc2ccccc2n1.c1ccc2nonc2c1.c1ccc2nsnc2c1.c1ccsc1.c1scc2c1OCCO2. The van der Waals surface area contributed by atoms with E-state index >= 15 is 0 Å². The van der Waals surface area contributed by atoms with E-state index in [0.29, 0.717) is 24.4 Å². The Morgan fingerprint density at radius 2 is 0.634 bits per heavy atom. The average molecular weight is 2210 g/mol. The first-order valence-electron chi connectivity index (χ1n) is 54.4. The van der Waals surface area contributed by atoms with Crippen molar-refractivity contribution in [2.24, 2.45) is 24.3 Å². The monoisotopic (exact) mass is 2200 g/mol. The predicted molar refractivity (Wildman–Crippen MR) is 679 cm³/mol. The molecule has 5 saturated heterocycles. The number of methoxy groups -OCH3 is 3. The standard InChI is InChI=1S/C11H18S2.C10H18S2Si.C7H7N3.C6H4N2O.C6H4N2S.C6H6O2S.C6H8O2S.C6H8S.C5H6O2S.C5H6S.C4H4S.22C2H6/c1-11(2)7-3-5-12-9(7)10-8(11)4-6-13-10;1-13(2)7-3-5-11-9(7)10-8(13)4-6-12-10;1-10-8-6-4-2-3-5-7(6)9-10;2*1-2-4-6-5(3-1)7-9-8-6;1-2-8-6-4-9-3-5(6)7-1;1-7-5-3-9-4-6(5)8-2;1-5-3-7-4-6(5)2;1-7-5-3-8-2-4(5)6;1-5-2-3-6-4-5;1-2-4-5-3-1;22*1-2/h2*7-10H,3-6H2,1-2H3;2-5H,1H3;2*1-4H;3-4H,1-2H2;3-4H,1-2H3;3-4H,1-2H3;2-3,6H,1H3;2-4H,1H3;1-4H;22*1-2H3. The molecule has 19 rings (SSSR count). The van der Waals surface area contributed by atoms with Gasteiger partial charge in [-0.25, -0.2) is 4.63 Å². The molecule has 15 heterocycles. The second kappa shape index (κ2) is 128. The van der Waals surface area contributed by atoms with Gasteiger partial charge < -0.3 is 28.8 Å². The number of ether oxygens (including phenoxy) is 5. The van der Waals surface area contributed by atoms with Gasteiger partial charge in [-0.3, -0.25) is 0 Å². The number of thioether (sulfide) groups is 4. The van der Waals surface area contributed by atoms with Gasteiger partial charge >= 0.3 is 0 Å². The summed E-state index contributed by atoms with van der Waals surface area (Å²) in [6.45, 7) is 106. The molecule has 0 spiro atoms. The Morgan fingerprint density at radius 1 is 0.338 bits per heavy atom. The van der Waals surface area contributed by atoms with E-state index in [0.717, 1.165) is 88.9 Å². The van der Waals surface area contributed by atoms with Crippen LogP contribution in [-0.4, -0.2) is 126 Å². The molecule has 6 aliphatic heterocycles. The van der Waals surface area contributed by atoms with Crippen molar-refractivity contribution in [3.05, 3.63) is 172 Å². The Morgan fingerprint density at radius 3 is 0.901 bits per heavy atom. The molecule has 0 radical (unpaired) electrons. The van der Waals surface area contributed by atoms with Gasteiger partial charge in [0.2, 0.25) is 0 Å². The van der Waals surface area contributed by atoms with Crippen LogP contribution in [0.2, 0.25) is 24.2 Å². The molecule has 0 bridgehead atoms. The van der Waals surface area contributed by atoms with E-state index in [-0.39, 0.29) is 5.75 Å². The van der Waals surface area contributed by atoms with Crippen molar-refractivity contribution in [3.63, 3.8) is 0 Å². The molecule has 832 valence electrons. The van der Waals surface area contributed by atoms with Crippen molar-refractivity contribution in [1.82, 2.24) is 34.1 Å². The van der Waals surface area contributed by atoms with Crippen LogP contribution < -0.4 is 23.7 Å². The molecule has 8 atom stereocenters. The molecule has 1 N–H and O–H groups in total. The van der Waals surface area contributed by atoms with Gasteiger partial charge in [0.05, 0.1) is 41.1 Å². The van der Waals surface area contributed by atoms with Crippen LogP contribution in [-0.2, 0) is 7.05 Å². The van der Waals surface area contributed by atoms with Crippen LogP contribution in [0.25, 0.3) is 33.1 Å². The lowest BCUT2D eigenvalue weighted by molar-refractivity contribution is 0.173. The maximum absolute atomic E-state index is 8.84. The first-order chi connectivity index (χ1) is 69.6. The zero-order chi connectivity index (χ0) is 113. The summed E-state index contributed by atoms with van der Waals surface area (Å²) >= 11 is 20.2. The molecular weight excluding hydrogens is 1980 g/mol. The van der Waals surface area contributed by atoms with Crippen molar-refractivity contribution in [2.45, 2.75) is 410 Å². The minimum absolute atomic E-state index is 0.220. The highest BCUT2D eigenvalue weighted by atomic mass is 32.2. The van der Waals surface area contributed by atoms with Crippen LogP contribution in [0.15, 0.2) is 160 Å². The minimum Gasteiger partial charge on any atom is -0.504 e. The number of hydrogen-bond donors (Lipinski definition) is 1. The number of aromatic hydroxyl groups is 1. The van der Waals surface area contributed by atoms with Crippen molar-refractivity contribution in [2.75, 3.05) is 57.6 Å². The molecule has 14 nitrogen and oxygen atoms in total. The lowest BCUT2D eigenvalue weighted by Crippen LogP contribution is -2.33. The summed E-state index contributed by atoms with van der Waals surface area (Å²) in [6.07, 6.45) is 6.11. The van der Waals surface area contributed by atoms with Crippen LogP contribution >= 0.6 is 127 Å². The zero-order valence-electron chi connectivity index (χ0n) is 101. The largest absolute Gasteiger partial charge is 0.504 e. The summed E-state index contributed by atoms with van der Waals surface area (Å²) < 4.78 is 37.7. The molecule has 9 aromatic heterocycles. The van der Waals surface area contributed by atoms with Crippen LogP contribution in [0.3, 0.4) is 0 Å². The number of aryl methyl sites for hydroxylation is 4. The molecule has 8 unspecified atom stereocenters. The Labute approximate surface area is 925 Å². The van der Waals surface area contributed by atoms with E-state index in [9.17, 15) is 0 Å². The van der Waals surface area contributed by atoms with Gasteiger partial charge in [-0.15, -0.1) is 34.0 Å². The van der Waals surface area contributed by atoms with Gasteiger partial charge in [-0.05, 0) is 200 Å². The molecule has 1 aliphatic carbocycles. The van der Waals surface area contributed by atoms with E-state index in [1.165, 1.54) is 93.8 Å². The minimum atomic E-state index is -0.842. The fourth-order valence-corrected chi connectivity index (χ4v) is 32.3. The topological polar surface area (TPSA) is 162 Å². The lowest BCUT2D eigenvalue weighted by atomic mass is 9.73. The van der Waals surface area contributed by atoms with Crippen molar-refractivity contribution >= 4 is 168 Å². The quantitative estimate of drug-likeness (QED) is 0.166. The van der Waals surface area contributed by atoms with Gasteiger partial charge in [0, 0.05) is 60.3 Å². The summed E-state index contributed by atoms with van der Waals surface area (Å²) in [7, 11) is 5.77. The van der Waals surface area contributed by atoms with Gasteiger partial charge in [-0.2, -0.15) is 105 Å². The number of nitrogens with zero attached hydrogens (tertiary/aromatic N) is 7. The smallest absolute Gasteiger partial charge is 0.172 e. The predicted octanol–water partition coefficient (Wildman–Crippen LogP) is 44.1. The Kier molecular flexibility index (Phi) is 151. The third-order valence-corrected chi connectivity index (χ3v) is 34.9. The average Bonchev–Trinajstić information content (AvgIpc) is 1.58. The van der Waals surface area contributed by atoms with E-state index in [2.05, 4.69) is 156 Å². The molecule has 26 heteroatoms.